The van der Waals surface area contributed by atoms with Crippen LogP contribution in [0.15, 0.2) is 29.0 Å². The van der Waals surface area contributed by atoms with Crippen LogP contribution in [0.5, 0.6) is 0 Å². The second-order valence-electron chi connectivity index (χ2n) is 8.65. The molecule has 0 N–H and O–H groups in total. The zero-order valence-electron chi connectivity index (χ0n) is 17.0. The van der Waals surface area contributed by atoms with Crippen molar-refractivity contribution in [1.82, 2.24) is 9.34 Å². The standard InChI is InChI=1S/C21H33FN3OP/c1-21(2,3)27(24-14-8-4-9-15-24,25-16-10-5-11-17-25)23-20(26)18-12-6-7-13-19(18)22/h6-7,12-13H,4-5,8-11,14-17H2,1-3H3. The van der Waals surface area contributed by atoms with Gasteiger partial charge in [-0.15, -0.1) is 0 Å². The zero-order chi connectivity index (χ0) is 19.5. The van der Waals surface area contributed by atoms with E-state index < -0.39 is 19.1 Å². The van der Waals surface area contributed by atoms with Crippen molar-refractivity contribution < 1.29 is 9.18 Å². The fourth-order valence-corrected chi connectivity index (χ4v) is 9.08. The smallest absolute Gasteiger partial charge is 0.267 e. The highest BCUT2D eigenvalue weighted by Crippen LogP contribution is 2.67. The lowest BCUT2D eigenvalue weighted by atomic mass is 10.2. The Morgan fingerprint density at radius 3 is 1.85 bits per heavy atom. The average Bonchev–Trinajstić information content (AvgIpc) is 2.66. The Hall–Kier alpha value is -1.03. The van der Waals surface area contributed by atoms with Gasteiger partial charge in [-0.3, -0.25) is 14.1 Å². The van der Waals surface area contributed by atoms with Gasteiger partial charge in [0.2, 0.25) is 0 Å². The van der Waals surface area contributed by atoms with Crippen LogP contribution in [0.3, 0.4) is 0 Å². The Balaban J connectivity index is 2.14. The van der Waals surface area contributed by atoms with E-state index in [1.54, 1.807) is 18.2 Å². The third-order valence-electron chi connectivity index (χ3n) is 5.69. The molecule has 2 aliphatic rings. The van der Waals surface area contributed by atoms with E-state index in [9.17, 15) is 9.18 Å². The van der Waals surface area contributed by atoms with Crippen molar-refractivity contribution >= 4 is 13.3 Å². The maximum atomic E-state index is 14.3. The first kappa shape index (κ1) is 20.7. The number of piperidine rings is 2. The molecule has 1 amide bonds. The first-order chi connectivity index (χ1) is 12.9. The molecule has 0 unspecified atom stereocenters. The van der Waals surface area contributed by atoms with Gasteiger partial charge in [-0.1, -0.05) is 45.7 Å². The van der Waals surface area contributed by atoms with Crippen LogP contribution < -0.4 is 0 Å². The van der Waals surface area contributed by atoms with E-state index in [2.05, 4.69) is 30.1 Å². The number of carbonyl (C=O) groups excluding carboxylic acids is 1. The Kier molecular flexibility index (Phi) is 6.55. The lowest BCUT2D eigenvalue weighted by Gasteiger charge is -2.52. The highest BCUT2D eigenvalue weighted by Gasteiger charge is 2.45. The molecular weight excluding hydrogens is 360 g/mol. The molecule has 0 bridgehead atoms. The van der Waals surface area contributed by atoms with Crippen LogP contribution >= 0.6 is 7.36 Å². The minimum absolute atomic E-state index is 0.0974. The molecule has 4 nitrogen and oxygen atoms in total. The maximum Gasteiger partial charge on any atom is 0.281 e. The Morgan fingerprint density at radius 1 is 0.926 bits per heavy atom. The van der Waals surface area contributed by atoms with Gasteiger partial charge in [0.25, 0.3) is 5.91 Å². The minimum Gasteiger partial charge on any atom is -0.267 e. The Labute approximate surface area is 163 Å². The molecule has 0 aliphatic carbocycles. The highest BCUT2D eigenvalue weighted by molar-refractivity contribution is 7.63. The summed E-state index contributed by atoms with van der Waals surface area (Å²) in [4.78, 5) is 13.2. The summed E-state index contributed by atoms with van der Waals surface area (Å²) in [5, 5.41) is -0.164. The molecule has 27 heavy (non-hydrogen) atoms. The van der Waals surface area contributed by atoms with Crippen LogP contribution in [0.2, 0.25) is 0 Å². The van der Waals surface area contributed by atoms with Crippen molar-refractivity contribution in [2.24, 2.45) is 4.74 Å². The van der Waals surface area contributed by atoms with Crippen molar-refractivity contribution in [3.63, 3.8) is 0 Å². The van der Waals surface area contributed by atoms with Crippen LogP contribution in [0.25, 0.3) is 0 Å². The van der Waals surface area contributed by atoms with Crippen LogP contribution in [-0.2, 0) is 0 Å². The van der Waals surface area contributed by atoms with Crippen molar-refractivity contribution in [1.29, 1.82) is 0 Å². The number of halogens is 1. The summed E-state index contributed by atoms with van der Waals surface area (Å²) in [5.41, 5.74) is 0.0974. The second-order valence-corrected chi connectivity index (χ2v) is 12.5. The number of rotatable bonds is 3. The number of carbonyl (C=O) groups is 1. The van der Waals surface area contributed by atoms with Gasteiger partial charge in [-0.05, 0) is 37.8 Å². The molecule has 3 rings (SSSR count). The molecule has 0 radical (unpaired) electrons. The van der Waals surface area contributed by atoms with Crippen LogP contribution in [0.4, 0.5) is 4.39 Å². The van der Waals surface area contributed by atoms with E-state index in [0.717, 1.165) is 51.9 Å². The van der Waals surface area contributed by atoms with Gasteiger partial charge in [0.15, 0.2) is 0 Å². The summed E-state index contributed by atoms with van der Waals surface area (Å²) in [5.74, 6) is -0.872. The average molecular weight is 393 g/mol. The lowest BCUT2D eigenvalue weighted by Crippen LogP contribution is -2.44. The number of amides is 1. The van der Waals surface area contributed by atoms with Gasteiger partial charge in [-0.2, -0.15) is 4.74 Å². The number of hydrogen-bond donors (Lipinski definition) is 0. The maximum absolute atomic E-state index is 14.3. The van der Waals surface area contributed by atoms with Gasteiger partial charge >= 0.3 is 0 Å². The quantitative estimate of drug-likeness (QED) is 0.612. The predicted molar refractivity (Wildman–Crippen MR) is 111 cm³/mol. The molecule has 0 atom stereocenters. The van der Waals surface area contributed by atoms with Crippen molar-refractivity contribution in [2.45, 2.75) is 64.5 Å². The Morgan fingerprint density at radius 2 is 1.41 bits per heavy atom. The van der Waals surface area contributed by atoms with Crippen LogP contribution in [0, 0.1) is 5.82 Å². The molecule has 0 spiro atoms. The van der Waals surface area contributed by atoms with E-state index >= 15 is 0 Å². The van der Waals surface area contributed by atoms with Crippen molar-refractivity contribution in [3.8, 4) is 0 Å². The zero-order valence-corrected chi connectivity index (χ0v) is 17.8. The van der Waals surface area contributed by atoms with E-state index in [0.29, 0.717) is 0 Å². The largest absolute Gasteiger partial charge is 0.281 e. The van der Waals surface area contributed by atoms with Gasteiger partial charge < -0.3 is 0 Å². The SMILES string of the molecule is CC(C)(C)P(=NC(=O)c1ccccc1F)(N1CCCCC1)N1CCCCC1. The second kappa shape index (κ2) is 8.55. The lowest BCUT2D eigenvalue weighted by molar-refractivity contribution is 0.0997. The molecule has 2 saturated heterocycles. The molecular formula is C21H33FN3OP. The molecule has 1 aromatic carbocycles. The molecule has 1 aromatic rings. The third-order valence-corrected chi connectivity index (χ3v) is 10.3. The fraction of sp³-hybridized carbons (Fsp3) is 0.667. The third kappa shape index (κ3) is 4.21. The van der Waals surface area contributed by atoms with Crippen LogP contribution in [0.1, 0.15) is 69.7 Å². The number of hydrogen-bond acceptors (Lipinski definition) is 1. The number of benzene rings is 1. The number of nitrogens with zero attached hydrogens (tertiary/aromatic N) is 3. The van der Waals surface area contributed by atoms with Crippen molar-refractivity contribution in [3.05, 3.63) is 35.6 Å². The monoisotopic (exact) mass is 393 g/mol. The van der Waals surface area contributed by atoms with Crippen molar-refractivity contribution in [2.75, 3.05) is 26.2 Å². The summed E-state index contributed by atoms with van der Waals surface area (Å²) in [6.45, 7) is 10.6. The topological polar surface area (TPSA) is 35.9 Å². The molecule has 2 aliphatic heterocycles. The summed E-state index contributed by atoms with van der Waals surface area (Å²) in [6.07, 6.45) is 7.07. The first-order valence-electron chi connectivity index (χ1n) is 10.3. The summed E-state index contributed by atoms with van der Waals surface area (Å²) < 4.78 is 24.2. The van der Waals surface area contributed by atoms with Gasteiger partial charge in [0.05, 0.1) is 5.56 Å². The van der Waals surface area contributed by atoms with Gasteiger partial charge in [0.1, 0.15) is 13.2 Å². The molecule has 150 valence electrons. The highest BCUT2D eigenvalue weighted by atomic mass is 31.2. The van der Waals surface area contributed by atoms with Gasteiger partial charge in [-0.25, -0.2) is 4.39 Å². The van der Waals surface area contributed by atoms with E-state index in [1.165, 1.54) is 18.9 Å². The predicted octanol–water partition coefficient (Wildman–Crippen LogP) is 5.77. The van der Waals surface area contributed by atoms with Crippen LogP contribution in [-0.4, -0.2) is 46.6 Å². The van der Waals surface area contributed by atoms with E-state index in [-0.39, 0.29) is 10.7 Å². The van der Waals surface area contributed by atoms with E-state index in [4.69, 9.17) is 4.74 Å². The molecule has 6 heteroatoms. The molecule has 0 saturated carbocycles. The minimum atomic E-state index is -2.30. The summed E-state index contributed by atoms with van der Waals surface area (Å²) in [7, 11) is -2.30. The molecule has 2 fully saturated rings. The first-order valence-corrected chi connectivity index (χ1v) is 11.9. The fourth-order valence-electron chi connectivity index (χ4n) is 4.43. The molecule has 2 heterocycles. The van der Waals surface area contributed by atoms with E-state index in [1.807, 2.05) is 0 Å². The normalized spacial score (nSPS) is 20.4. The Bertz CT molecular complexity index is 694. The van der Waals surface area contributed by atoms with Gasteiger partial charge in [0, 0.05) is 31.3 Å². The summed E-state index contributed by atoms with van der Waals surface area (Å²) >= 11 is 0. The summed E-state index contributed by atoms with van der Waals surface area (Å²) in [6, 6.07) is 6.24. The molecule has 0 aromatic heterocycles.